The van der Waals surface area contributed by atoms with E-state index in [9.17, 15) is 0 Å². The number of unbranched alkanes of at least 4 members (excludes halogenated alkanes) is 1. The molecule has 0 aliphatic heterocycles. The molecule has 2 heteroatoms. The molecule has 1 nitrogen and oxygen atoms in total. The molecule has 0 saturated heterocycles. The molecule has 0 saturated carbocycles. The van der Waals surface area contributed by atoms with Gasteiger partial charge in [-0.25, -0.2) is 0 Å². The van der Waals surface area contributed by atoms with Crippen molar-refractivity contribution in [3.05, 3.63) is 29.8 Å². The second kappa shape index (κ2) is 6.73. The van der Waals surface area contributed by atoms with Gasteiger partial charge in [-0.2, -0.15) is 0 Å². The van der Waals surface area contributed by atoms with Crippen molar-refractivity contribution < 1.29 is 0 Å². The third-order valence-corrected chi connectivity index (χ3v) is 2.93. The van der Waals surface area contributed by atoms with Crippen LogP contribution in [0.2, 0.25) is 0 Å². The van der Waals surface area contributed by atoms with Crippen molar-refractivity contribution in [3.8, 4) is 0 Å². The Labute approximate surface area is 98.0 Å². The van der Waals surface area contributed by atoms with Crippen LogP contribution in [0.5, 0.6) is 0 Å². The largest absolute Gasteiger partial charge is 0.372 e. The Morgan fingerprint density at radius 1 is 1.20 bits per heavy atom. The molecule has 0 spiro atoms. The molecule has 0 radical (unpaired) electrons. The molecular formula is C13H20ClN. The number of hydrogen-bond donors (Lipinski definition) is 0. The van der Waals surface area contributed by atoms with Crippen molar-refractivity contribution in [2.75, 3.05) is 18.0 Å². The third kappa shape index (κ3) is 3.42. The van der Waals surface area contributed by atoms with Gasteiger partial charge in [0.1, 0.15) is 0 Å². The van der Waals surface area contributed by atoms with Gasteiger partial charge in [-0.3, -0.25) is 0 Å². The second-order valence-corrected chi connectivity index (χ2v) is 3.96. The summed E-state index contributed by atoms with van der Waals surface area (Å²) in [6.07, 6.45) is 2.48. The average molecular weight is 226 g/mol. The summed E-state index contributed by atoms with van der Waals surface area (Å²) in [5.74, 6) is 0.596. The number of halogens is 1. The normalized spacial score (nSPS) is 10.3. The summed E-state index contributed by atoms with van der Waals surface area (Å²) in [7, 11) is 0. The molecule has 0 unspecified atom stereocenters. The molecule has 0 aliphatic rings. The predicted molar refractivity (Wildman–Crippen MR) is 68.8 cm³/mol. The van der Waals surface area contributed by atoms with E-state index < -0.39 is 0 Å². The Bertz CT molecular complexity index is 286. The molecule has 1 aromatic carbocycles. The fraction of sp³-hybridized carbons (Fsp3) is 0.538. The lowest BCUT2D eigenvalue weighted by molar-refractivity contribution is 0.730. The molecule has 84 valence electrons. The first-order valence-corrected chi connectivity index (χ1v) is 6.25. The lowest BCUT2D eigenvalue weighted by Gasteiger charge is -2.25. The lowest BCUT2D eigenvalue weighted by Crippen LogP contribution is -2.24. The van der Waals surface area contributed by atoms with E-state index in [1.165, 1.54) is 24.1 Å². The highest BCUT2D eigenvalue weighted by molar-refractivity contribution is 6.17. The van der Waals surface area contributed by atoms with Crippen LogP contribution in [0.15, 0.2) is 24.3 Å². The zero-order valence-electron chi connectivity index (χ0n) is 9.67. The predicted octanol–water partition coefficient (Wildman–Crippen LogP) is 4.05. The van der Waals surface area contributed by atoms with Crippen LogP contribution >= 0.6 is 11.6 Å². The molecule has 0 atom stereocenters. The highest BCUT2D eigenvalue weighted by Crippen LogP contribution is 2.22. The Hall–Kier alpha value is -0.690. The standard InChI is InChI=1S/C13H20ClN/c1-3-5-10-15(4-2)13-9-7-6-8-12(13)11-14/h6-9H,3-5,10-11H2,1-2H3. The minimum atomic E-state index is 0.596. The van der Waals surface area contributed by atoms with Gasteiger partial charge in [-0.05, 0) is 25.0 Å². The maximum atomic E-state index is 5.94. The highest BCUT2D eigenvalue weighted by Gasteiger charge is 2.07. The van der Waals surface area contributed by atoms with Crippen LogP contribution in [0.1, 0.15) is 32.3 Å². The van der Waals surface area contributed by atoms with E-state index in [2.05, 4.69) is 43.0 Å². The number of nitrogens with zero attached hydrogens (tertiary/aromatic N) is 1. The Kier molecular flexibility index (Phi) is 5.56. The number of anilines is 1. The topological polar surface area (TPSA) is 3.24 Å². The lowest BCUT2D eigenvalue weighted by atomic mass is 10.1. The van der Waals surface area contributed by atoms with Gasteiger partial charge in [-0.15, -0.1) is 11.6 Å². The highest BCUT2D eigenvalue weighted by atomic mass is 35.5. The maximum absolute atomic E-state index is 5.94. The van der Waals surface area contributed by atoms with Crippen LogP contribution < -0.4 is 4.90 Å². The summed E-state index contributed by atoms with van der Waals surface area (Å²) in [6, 6.07) is 8.41. The average Bonchev–Trinajstić information content (AvgIpc) is 2.30. The van der Waals surface area contributed by atoms with Crippen LogP contribution in [0.4, 0.5) is 5.69 Å². The first-order chi connectivity index (χ1) is 7.33. The zero-order valence-corrected chi connectivity index (χ0v) is 10.4. The fourth-order valence-electron chi connectivity index (χ4n) is 1.73. The minimum Gasteiger partial charge on any atom is -0.372 e. The number of rotatable bonds is 6. The molecule has 0 aromatic heterocycles. The van der Waals surface area contributed by atoms with Crippen molar-refractivity contribution in [1.82, 2.24) is 0 Å². The van der Waals surface area contributed by atoms with Gasteiger partial charge < -0.3 is 4.90 Å². The summed E-state index contributed by atoms with van der Waals surface area (Å²) in [4.78, 5) is 2.40. The Morgan fingerprint density at radius 2 is 1.93 bits per heavy atom. The fourth-order valence-corrected chi connectivity index (χ4v) is 1.96. The molecule has 0 aliphatic carbocycles. The molecule has 0 bridgehead atoms. The van der Waals surface area contributed by atoms with Gasteiger partial charge in [0.15, 0.2) is 0 Å². The van der Waals surface area contributed by atoms with Crippen LogP contribution in [0, 0.1) is 0 Å². The van der Waals surface area contributed by atoms with Gasteiger partial charge in [0.25, 0.3) is 0 Å². The summed E-state index contributed by atoms with van der Waals surface area (Å²) in [5.41, 5.74) is 2.53. The summed E-state index contributed by atoms with van der Waals surface area (Å²) in [6.45, 7) is 6.59. The molecule has 1 rings (SSSR count). The first-order valence-electron chi connectivity index (χ1n) is 5.72. The quantitative estimate of drug-likeness (QED) is 0.661. The van der Waals surface area contributed by atoms with E-state index in [0.29, 0.717) is 5.88 Å². The zero-order chi connectivity index (χ0) is 11.1. The molecule has 0 fully saturated rings. The monoisotopic (exact) mass is 225 g/mol. The minimum absolute atomic E-state index is 0.596. The van der Waals surface area contributed by atoms with Crippen LogP contribution in [0.3, 0.4) is 0 Å². The molecule has 0 N–H and O–H groups in total. The summed E-state index contributed by atoms with van der Waals surface area (Å²) >= 11 is 5.94. The third-order valence-electron chi connectivity index (χ3n) is 2.64. The number of benzene rings is 1. The molecule has 0 heterocycles. The van der Waals surface area contributed by atoms with Crippen LogP contribution in [-0.2, 0) is 5.88 Å². The molecule has 15 heavy (non-hydrogen) atoms. The van der Waals surface area contributed by atoms with Gasteiger partial charge in [-0.1, -0.05) is 31.5 Å². The number of hydrogen-bond acceptors (Lipinski definition) is 1. The van der Waals surface area contributed by atoms with Crippen molar-refractivity contribution in [2.24, 2.45) is 0 Å². The van der Waals surface area contributed by atoms with Crippen LogP contribution in [-0.4, -0.2) is 13.1 Å². The van der Waals surface area contributed by atoms with Gasteiger partial charge in [0.2, 0.25) is 0 Å². The van der Waals surface area contributed by atoms with E-state index in [1.54, 1.807) is 0 Å². The Balaban J connectivity index is 2.80. The second-order valence-electron chi connectivity index (χ2n) is 3.70. The first kappa shape index (κ1) is 12.4. The van der Waals surface area contributed by atoms with Crippen molar-refractivity contribution in [2.45, 2.75) is 32.6 Å². The van der Waals surface area contributed by atoms with Crippen molar-refractivity contribution >= 4 is 17.3 Å². The van der Waals surface area contributed by atoms with Gasteiger partial charge >= 0.3 is 0 Å². The van der Waals surface area contributed by atoms with E-state index in [4.69, 9.17) is 11.6 Å². The maximum Gasteiger partial charge on any atom is 0.0494 e. The molecule has 1 aromatic rings. The van der Waals surface area contributed by atoms with Crippen molar-refractivity contribution in [3.63, 3.8) is 0 Å². The summed E-state index contributed by atoms with van der Waals surface area (Å²) in [5, 5.41) is 0. The smallest absolute Gasteiger partial charge is 0.0494 e. The summed E-state index contributed by atoms with van der Waals surface area (Å²) < 4.78 is 0. The van der Waals surface area contributed by atoms with E-state index >= 15 is 0 Å². The number of alkyl halides is 1. The molecule has 0 amide bonds. The number of para-hydroxylation sites is 1. The van der Waals surface area contributed by atoms with Crippen molar-refractivity contribution in [1.29, 1.82) is 0 Å². The molecular weight excluding hydrogens is 206 g/mol. The van der Waals surface area contributed by atoms with Gasteiger partial charge in [0.05, 0.1) is 0 Å². The van der Waals surface area contributed by atoms with E-state index in [1.807, 2.05) is 0 Å². The van der Waals surface area contributed by atoms with Crippen LogP contribution in [0.25, 0.3) is 0 Å². The Morgan fingerprint density at radius 3 is 2.53 bits per heavy atom. The SMILES string of the molecule is CCCCN(CC)c1ccccc1CCl. The van der Waals surface area contributed by atoms with E-state index in [0.717, 1.165) is 13.1 Å². The van der Waals surface area contributed by atoms with Gasteiger partial charge in [0, 0.05) is 24.7 Å². The van der Waals surface area contributed by atoms with E-state index in [-0.39, 0.29) is 0 Å².